The number of hydrogen-bond acceptors (Lipinski definition) is 2. The Morgan fingerprint density at radius 3 is 2.79 bits per heavy atom. The molecule has 14 heavy (non-hydrogen) atoms. The smallest absolute Gasteiger partial charge is 0.268 e. The van der Waals surface area contributed by atoms with Crippen LogP contribution in [-0.2, 0) is 13.0 Å². The molecule has 1 aromatic rings. The van der Waals surface area contributed by atoms with Crippen LogP contribution in [0.1, 0.15) is 37.6 Å². The van der Waals surface area contributed by atoms with Crippen LogP contribution in [0.4, 0.5) is 0 Å². The Balaban J connectivity index is 0.000000461. The van der Waals surface area contributed by atoms with Gasteiger partial charge in [0.1, 0.15) is 0 Å². The van der Waals surface area contributed by atoms with Gasteiger partial charge in [0.25, 0.3) is 5.56 Å². The number of fused-ring (bicyclic) bond motifs is 1. The highest BCUT2D eigenvalue weighted by molar-refractivity contribution is 7.06. The maximum atomic E-state index is 11.6. The average Bonchev–Trinajstić information content (AvgIpc) is 2.59. The molecule has 0 unspecified atom stereocenters. The van der Waals surface area contributed by atoms with Gasteiger partial charge in [-0.1, -0.05) is 37.5 Å². The maximum Gasteiger partial charge on any atom is 0.268 e. The summed E-state index contributed by atoms with van der Waals surface area (Å²) in [6, 6.07) is 0. The summed E-state index contributed by atoms with van der Waals surface area (Å²) in [6.45, 7) is 6.80. The first-order valence-corrected chi connectivity index (χ1v) is 5.99. The van der Waals surface area contributed by atoms with Crippen LogP contribution in [0.2, 0.25) is 0 Å². The van der Waals surface area contributed by atoms with E-state index in [-0.39, 0.29) is 5.56 Å². The minimum absolute atomic E-state index is 0.188. The van der Waals surface area contributed by atoms with Gasteiger partial charge in [-0.25, -0.2) is 0 Å². The molecule has 1 aliphatic rings. The Kier molecular flexibility index (Phi) is 4.14. The molecule has 1 aromatic heterocycles. The fourth-order valence-electron chi connectivity index (χ4n) is 1.45. The molecule has 0 N–H and O–H groups in total. The topological polar surface area (TPSA) is 22.0 Å². The highest BCUT2D eigenvalue weighted by Gasteiger charge is 2.13. The van der Waals surface area contributed by atoms with Gasteiger partial charge < -0.3 is 0 Å². The number of hydrogen-bond donors (Lipinski definition) is 0. The van der Waals surface area contributed by atoms with Crippen molar-refractivity contribution >= 4 is 17.6 Å². The number of aryl methyl sites for hydroxylation is 2. The molecule has 0 radical (unpaired) electrons. The molecular weight excluding hydrogens is 194 g/mol. The van der Waals surface area contributed by atoms with Crippen molar-refractivity contribution in [2.75, 3.05) is 0 Å². The lowest BCUT2D eigenvalue weighted by Gasteiger charge is -1.99. The summed E-state index contributed by atoms with van der Waals surface area (Å²) in [5.74, 6) is 0. The first-order chi connectivity index (χ1) is 6.83. The zero-order valence-corrected chi connectivity index (χ0v) is 9.86. The van der Waals surface area contributed by atoms with Crippen molar-refractivity contribution in [1.82, 2.24) is 3.96 Å². The lowest BCUT2D eigenvalue weighted by Crippen LogP contribution is -2.14. The number of allylic oxidation sites excluding steroid dienone is 1. The van der Waals surface area contributed by atoms with Gasteiger partial charge in [-0.3, -0.25) is 8.75 Å². The molecule has 0 bridgehead atoms. The van der Waals surface area contributed by atoms with Gasteiger partial charge >= 0.3 is 0 Å². The van der Waals surface area contributed by atoms with Crippen molar-refractivity contribution in [3.05, 3.63) is 26.9 Å². The van der Waals surface area contributed by atoms with Gasteiger partial charge in [-0.15, -0.1) is 0 Å². The number of nitrogens with zero attached hydrogens (tertiary/aromatic N) is 1. The van der Waals surface area contributed by atoms with Gasteiger partial charge in [0.15, 0.2) is 0 Å². The average molecular weight is 211 g/mol. The van der Waals surface area contributed by atoms with E-state index >= 15 is 0 Å². The number of aromatic nitrogens is 1. The van der Waals surface area contributed by atoms with Crippen LogP contribution in [0.25, 0.3) is 6.08 Å². The molecule has 2 rings (SSSR count). The molecule has 0 spiro atoms. The molecule has 0 saturated carbocycles. The summed E-state index contributed by atoms with van der Waals surface area (Å²) in [7, 11) is 0. The fourth-order valence-corrected chi connectivity index (χ4v) is 2.48. The van der Waals surface area contributed by atoms with Gasteiger partial charge in [0.2, 0.25) is 0 Å². The van der Waals surface area contributed by atoms with Crippen LogP contribution in [-0.4, -0.2) is 3.96 Å². The molecule has 2 nitrogen and oxygen atoms in total. The summed E-state index contributed by atoms with van der Waals surface area (Å²) < 4.78 is 1.82. The summed E-state index contributed by atoms with van der Waals surface area (Å²) in [4.78, 5) is 12.8. The third-order valence-corrected chi connectivity index (χ3v) is 3.38. The highest BCUT2D eigenvalue weighted by atomic mass is 32.1. The van der Waals surface area contributed by atoms with Crippen LogP contribution in [0.5, 0.6) is 0 Å². The molecule has 0 fully saturated rings. The second kappa shape index (κ2) is 5.15. The van der Waals surface area contributed by atoms with E-state index in [0.717, 1.165) is 24.9 Å². The first kappa shape index (κ1) is 11.2. The van der Waals surface area contributed by atoms with E-state index in [9.17, 15) is 4.79 Å². The van der Waals surface area contributed by atoms with Gasteiger partial charge in [0, 0.05) is 11.4 Å². The Hall–Kier alpha value is -0.830. The lowest BCUT2D eigenvalue weighted by atomic mass is 10.1. The summed E-state index contributed by atoms with van der Waals surface area (Å²) in [6.07, 6.45) is 6.16. The number of rotatable bonds is 1. The molecule has 1 aliphatic carbocycles. The Labute approximate surface area is 89.0 Å². The maximum absolute atomic E-state index is 11.6. The zero-order chi connectivity index (χ0) is 10.6. The van der Waals surface area contributed by atoms with Crippen molar-refractivity contribution in [2.24, 2.45) is 0 Å². The standard InChI is InChI=1S/C9H11NOS.C2H6/c1-2-10-9(11)7-5-3-4-6-8(7)12-10;1-2/h3,5H,2,4,6H2,1H3;1-2H3. The van der Waals surface area contributed by atoms with E-state index in [1.165, 1.54) is 4.88 Å². The molecule has 78 valence electrons. The van der Waals surface area contributed by atoms with Crippen LogP contribution < -0.4 is 5.56 Å². The third kappa shape index (κ3) is 1.98. The largest absolute Gasteiger partial charge is 0.268 e. The third-order valence-electron chi connectivity index (χ3n) is 2.09. The predicted octanol–water partition coefficient (Wildman–Crippen LogP) is 2.92. The van der Waals surface area contributed by atoms with Crippen molar-refractivity contribution in [3.63, 3.8) is 0 Å². The molecule has 1 heterocycles. The second-order valence-electron chi connectivity index (χ2n) is 2.87. The predicted molar refractivity (Wildman–Crippen MR) is 63.0 cm³/mol. The van der Waals surface area contributed by atoms with Crippen LogP contribution in [0.3, 0.4) is 0 Å². The molecule has 3 heteroatoms. The monoisotopic (exact) mass is 211 g/mol. The van der Waals surface area contributed by atoms with E-state index in [0.29, 0.717) is 0 Å². The van der Waals surface area contributed by atoms with Crippen LogP contribution in [0, 0.1) is 0 Å². The Morgan fingerprint density at radius 1 is 1.50 bits per heavy atom. The quantitative estimate of drug-likeness (QED) is 0.700. The van der Waals surface area contributed by atoms with E-state index in [4.69, 9.17) is 0 Å². The van der Waals surface area contributed by atoms with Gasteiger partial charge in [-0.05, 0) is 19.8 Å². The fraction of sp³-hybridized carbons (Fsp3) is 0.545. The first-order valence-electron chi connectivity index (χ1n) is 5.22. The molecule has 0 amide bonds. The zero-order valence-electron chi connectivity index (χ0n) is 9.04. The Bertz CT molecular complexity index is 373. The van der Waals surface area contributed by atoms with Gasteiger partial charge in [0.05, 0.1) is 5.56 Å². The highest BCUT2D eigenvalue weighted by Crippen LogP contribution is 2.20. The minimum atomic E-state index is 0.188. The minimum Gasteiger partial charge on any atom is -0.268 e. The molecule has 0 saturated heterocycles. The molecule has 0 aromatic carbocycles. The van der Waals surface area contributed by atoms with Crippen LogP contribution in [0.15, 0.2) is 10.9 Å². The van der Waals surface area contributed by atoms with Crippen molar-refractivity contribution in [2.45, 2.75) is 40.2 Å². The van der Waals surface area contributed by atoms with E-state index in [2.05, 4.69) is 6.08 Å². The lowest BCUT2D eigenvalue weighted by molar-refractivity contribution is 0.808. The van der Waals surface area contributed by atoms with Crippen molar-refractivity contribution in [1.29, 1.82) is 0 Å². The summed E-state index contributed by atoms with van der Waals surface area (Å²) >= 11 is 1.61. The van der Waals surface area contributed by atoms with E-state index in [1.54, 1.807) is 11.5 Å². The van der Waals surface area contributed by atoms with E-state index in [1.807, 2.05) is 30.8 Å². The van der Waals surface area contributed by atoms with Crippen molar-refractivity contribution in [3.8, 4) is 0 Å². The Morgan fingerprint density at radius 2 is 2.21 bits per heavy atom. The molecular formula is C11H17NOS. The SMILES string of the molecule is CC.CCn1sc2c(c1=O)C=CCC2. The van der Waals surface area contributed by atoms with Crippen molar-refractivity contribution < 1.29 is 0 Å². The van der Waals surface area contributed by atoms with E-state index < -0.39 is 0 Å². The van der Waals surface area contributed by atoms with Crippen LogP contribution >= 0.6 is 11.5 Å². The second-order valence-corrected chi connectivity index (χ2v) is 3.99. The molecule has 0 aliphatic heterocycles. The normalized spacial score (nSPS) is 13.1. The van der Waals surface area contributed by atoms with Gasteiger partial charge in [-0.2, -0.15) is 0 Å². The molecule has 0 atom stereocenters. The summed E-state index contributed by atoms with van der Waals surface area (Å²) in [5, 5.41) is 0. The summed E-state index contributed by atoms with van der Waals surface area (Å²) in [5.41, 5.74) is 1.11.